The van der Waals surface area contributed by atoms with Gasteiger partial charge in [-0.05, 0) is 5.41 Å². The normalized spacial score (nSPS) is 18.5. The van der Waals surface area contributed by atoms with E-state index in [4.69, 9.17) is 5.73 Å². The number of hydrogen-bond donors (Lipinski definition) is 2. The summed E-state index contributed by atoms with van der Waals surface area (Å²) >= 11 is 3.16. The third-order valence-electron chi connectivity index (χ3n) is 4.59. The number of carbonyl (C=O) groups is 5. The van der Waals surface area contributed by atoms with Gasteiger partial charge >= 0.3 is 59.1 Å². The molecule has 0 saturated carbocycles. The summed E-state index contributed by atoms with van der Waals surface area (Å²) in [6, 6.07) is -1.11. The van der Waals surface area contributed by atoms with Gasteiger partial charge in [-0.3, -0.25) is 19.3 Å². The van der Waals surface area contributed by atoms with Crippen molar-refractivity contribution in [1.29, 1.82) is 0 Å². The number of thioether (sulfide) groups is 2. The molecule has 3 rings (SSSR count). The van der Waals surface area contributed by atoms with Gasteiger partial charge in [0.1, 0.15) is 17.1 Å². The summed E-state index contributed by atoms with van der Waals surface area (Å²) in [7, 11) is 3.12. The van der Waals surface area contributed by atoms with Crippen molar-refractivity contribution in [2.45, 2.75) is 11.4 Å². The molecule has 0 unspecified atom stereocenters. The Bertz CT molecular complexity index is 1200. The zero-order valence-corrected chi connectivity index (χ0v) is 27.1. The molecule has 0 spiro atoms. The zero-order valence-electron chi connectivity index (χ0n) is 20.7. The minimum atomic E-state index is -1.58. The summed E-state index contributed by atoms with van der Waals surface area (Å²) in [4.78, 5) is 70.9. The van der Waals surface area contributed by atoms with Crippen LogP contribution in [0.1, 0.15) is 5.69 Å². The molecule has 1 fully saturated rings. The number of fused-ring (bicyclic) bond motifs is 1. The van der Waals surface area contributed by atoms with Crippen molar-refractivity contribution in [3.05, 3.63) is 33.2 Å². The van der Waals surface area contributed by atoms with Gasteiger partial charge in [-0.1, -0.05) is 16.9 Å². The number of nitrogen functional groups attached to an aromatic ring is 1. The van der Waals surface area contributed by atoms with Gasteiger partial charge in [-0.2, -0.15) is 0 Å². The molecule has 2 aliphatic heterocycles. The quantitative estimate of drug-likeness (QED) is 0.0843. The van der Waals surface area contributed by atoms with Crippen molar-refractivity contribution in [3.8, 4) is 0 Å². The number of carboxylic acid groups (broad SMARTS) is 2. The largest absolute Gasteiger partial charge is 1.00 e. The summed E-state index contributed by atoms with van der Waals surface area (Å²) in [6.45, 7) is -0.931. The Kier molecular flexibility index (Phi) is 13.9. The number of hydrogen-bond acceptors (Lipinski definition) is 14. The molecule has 3 N–H and O–H groups in total. The minimum absolute atomic E-state index is 0. The summed E-state index contributed by atoms with van der Waals surface area (Å²) in [5, 5.41) is 30.5. The van der Waals surface area contributed by atoms with Crippen molar-refractivity contribution in [2.24, 2.45) is 5.16 Å². The van der Waals surface area contributed by atoms with E-state index in [0.717, 1.165) is 28.0 Å². The molecule has 14 nitrogen and oxygen atoms in total. The van der Waals surface area contributed by atoms with Gasteiger partial charge in [-0.15, -0.1) is 23.1 Å². The average Bonchev–Trinajstić information content (AvgIpc) is 3.24. The number of oxime groups is 1. The molecule has 3 heterocycles. The number of rotatable bonds is 10. The first kappa shape index (κ1) is 34.5. The molecule has 0 bridgehead atoms. The molecule has 2 aliphatic rings. The summed E-state index contributed by atoms with van der Waals surface area (Å²) in [5.41, 5.74) is 4.79. The van der Waals surface area contributed by atoms with Crippen LogP contribution in [0.15, 0.2) is 32.6 Å². The summed E-state index contributed by atoms with van der Waals surface area (Å²) in [6.07, 6.45) is 1.26. The number of amides is 3. The van der Waals surface area contributed by atoms with E-state index < -0.39 is 47.5 Å². The van der Waals surface area contributed by atoms with E-state index >= 15 is 0 Å². The fourth-order valence-electron chi connectivity index (χ4n) is 2.95. The number of carboxylic acids is 2. The van der Waals surface area contributed by atoms with Crippen LogP contribution in [0.4, 0.5) is 5.13 Å². The third kappa shape index (κ3) is 8.22. The maximum atomic E-state index is 12.9. The number of aromatic nitrogens is 1. The number of β-lactam (4-membered cyclic amide) rings is 1. The molecule has 0 aromatic carbocycles. The Morgan fingerprint density at radius 3 is 2.58 bits per heavy atom. The van der Waals surface area contributed by atoms with Crippen molar-refractivity contribution >= 4 is 75.4 Å². The second-order valence-corrected chi connectivity index (χ2v) is 10.2. The van der Waals surface area contributed by atoms with Gasteiger partial charge in [0, 0.05) is 36.2 Å². The number of thiazole rings is 1. The maximum Gasteiger partial charge on any atom is 1.00 e. The van der Waals surface area contributed by atoms with Crippen LogP contribution < -0.4 is 80.4 Å². The van der Waals surface area contributed by atoms with E-state index in [-0.39, 0.29) is 87.3 Å². The number of anilines is 1. The molecule has 192 valence electrons. The minimum Gasteiger partial charge on any atom is -0.546 e. The SMILES string of the molecule is CN(C)C(=O)/C=C\SC1=C(C(=O)[O-])N2C(=O)[C@@H](NC(=O)/C(=N\OCC(=O)[O-])c3csc(N)n3)[C@@H]2SC1.[Na+].[Na+]. The predicted octanol–water partition coefficient (Wildman–Crippen LogP) is -9.10. The van der Waals surface area contributed by atoms with Crippen LogP contribution in [0.2, 0.25) is 0 Å². The van der Waals surface area contributed by atoms with E-state index in [0.29, 0.717) is 4.91 Å². The predicted molar refractivity (Wildman–Crippen MR) is 127 cm³/mol. The van der Waals surface area contributed by atoms with Crippen LogP contribution in [0.25, 0.3) is 0 Å². The van der Waals surface area contributed by atoms with Gasteiger partial charge in [-0.25, -0.2) is 4.98 Å². The van der Waals surface area contributed by atoms with Crippen LogP contribution in [-0.2, 0) is 28.8 Å². The molecular formula is C19H18N6Na2O8S3. The van der Waals surface area contributed by atoms with Crippen molar-refractivity contribution in [3.63, 3.8) is 0 Å². The molecule has 0 aliphatic carbocycles. The first-order valence-electron chi connectivity index (χ1n) is 9.87. The van der Waals surface area contributed by atoms with Gasteiger partial charge in [0.05, 0.1) is 17.6 Å². The van der Waals surface area contributed by atoms with Crippen molar-refractivity contribution in [1.82, 2.24) is 20.1 Å². The Hall–Kier alpha value is -1.57. The third-order valence-corrected chi connectivity index (χ3v) is 7.62. The second kappa shape index (κ2) is 15.3. The van der Waals surface area contributed by atoms with E-state index in [2.05, 4.69) is 20.3 Å². The van der Waals surface area contributed by atoms with Gasteiger partial charge in [0.15, 0.2) is 17.5 Å². The van der Waals surface area contributed by atoms with Crippen molar-refractivity contribution in [2.75, 3.05) is 32.2 Å². The van der Waals surface area contributed by atoms with Crippen LogP contribution >= 0.6 is 34.9 Å². The Morgan fingerprint density at radius 2 is 2.03 bits per heavy atom. The molecule has 1 saturated heterocycles. The van der Waals surface area contributed by atoms with Gasteiger partial charge in [0.2, 0.25) is 5.91 Å². The van der Waals surface area contributed by atoms with Crippen LogP contribution in [0.5, 0.6) is 0 Å². The van der Waals surface area contributed by atoms with Gasteiger partial charge < -0.3 is 40.6 Å². The maximum absolute atomic E-state index is 12.9. The topological polar surface area (TPSA) is 210 Å². The number of likely N-dealkylation sites (N-methyl/N-ethyl adjacent to an activating group) is 1. The first-order valence-corrected chi connectivity index (χ1v) is 12.7. The Labute approximate surface area is 273 Å². The molecule has 0 radical (unpaired) electrons. The zero-order chi connectivity index (χ0) is 26.6. The Morgan fingerprint density at radius 1 is 1.34 bits per heavy atom. The molecule has 1 aromatic heterocycles. The number of nitrogens with zero attached hydrogens (tertiary/aromatic N) is 4. The number of carbonyl (C=O) groups excluding carboxylic acids is 5. The molecule has 1 aromatic rings. The monoisotopic (exact) mass is 600 g/mol. The van der Waals surface area contributed by atoms with E-state index in [1.54, 1.807) is 14.1 Å². The van der Waals surface area contributed by atoms with E-state index in [9.17, 15) is 34.2 Å². The fraction of sp³-hybridized carbons (Fsp3) is 0.316. The molecule has 3 amide bonds. The molecule has 19 heteroatoms. The van der Waals surface area contributed by atoms with E-state index in [1.807, 2.05) is 0 Å². The fourth-order valence-corrected chi connectivity index (χ4v) is 5.81. The second-order valence-electron chi connectivity index (χ2n) is 7.23. The van der Waals surface area contributed by atoms with Crippen LogP contribution in [0, 0.1) is 0 Å². The number of nitrogens with one attached hydrogen (secondary N) is 1. The molecular weight excluding hydrogens is 582 g/mol. The Balaban J connectivity index is 0.00000361. The number of aliphatic carboxylic acids is 2. The van der Waals surface area contributed by atoms with Crippen LogP contribution in [0.3, 0.4) is 0 Å². The van der Waals surface area contributed by atoms with E-state index in [1.165, 1.54) is 33.5 Å². The van der Waals surface area contributed by atoms with Crippen LogP contribution in [-0.4, -0.2) is 88.0 Å². The number of nitrogens with two attached hydrogens (primary N) is 1. The van der Waals surface area contributed by atoms with Crippen molar-refractivity contribution < 1.29 is 98.1 Å². The first-order chi connectivity index (χ1) is 17.0. The molecule has 2 atom stereocenters. The summed E-state index contributed by atoms with van der Waals surface area (Å²) < 4.78 is 0. The van der Waals surface area contributed by atoms with Gasteiger partial charge in [0.25, 0.3) is 11.8 Å². The standard InChI is InChI=1S/C19H20N6O8S3.2Na/c1-24(2)10(26)3-4-34-9-7-35-17-13(16(30)25(17)14(9)18(31)32)22-15(29)12(23-33-5-11(27)28)8-6-36-19(20)21-8;;/h3-4,6,13,17H,5,7H2,1-2H3,(H2,20,21)(H,22,29)(H,27,28)(H,31,32);;/q;2*+1/p-2/b4-3-,23-12-;;/t13-,17+;;/m1../s1. The summed E-state index contributed by atoms with van der Waals surface area (Å²) in [5.74, 6) is -4.90. The average molecular weight is 601 g/mol. The smallest absolute Gasteiger partial charge is 0.546 e. The molecule has 38 heavy (non-hydrogen) atoms.